The summed E-state index contributed by atoms with van der Waals surface area (Å²) >= 11 is 0. The molecule has 10 heteroatoms. The van der Waals surface area contributed by atoms with E-state index in [4.69, 9.17) is 18.9 Å². The van der Waals surface area contributed by atoms with E-state index in [0.717, 1.165) is 31.5 Å². The molecule has 3 aromatic carbocycles. The molecule has 0 aromatic heterocycles. The van der Waals surface area contributed by atoms with E-state index < -0.39 is 4.92 Å². The number of rotatable bonds is 17. The second-order valence-electron chi connectivity index (χ2n) is 9.74. The average molecular weight is 580 g/mol. The van der Waals surface area contributed by atoms with Crippen LogP contribution in [0.3, 0.4) is 0 Å². The van der Waals surface area contributed by atoms with E-state index in [1.807, 2.05) is 50.2 Å². The van der Waals surface area contributed by atoms with Gasteiger partial charge in [0.15, 0.2) is 23.0 Å². The minimum atomic E-state index is -0.450. The zero-order chi connectivity index (χ0) is 30.5. The van der Waals surface area contributed by atoms with E-state index in [2.05, 4.69) is 11.9 Å². The van der Waals surface area contributed by atoms with Crippen LogP contribution < -0.4 is 23.8 Å². The Hall–Kier alpha value is -4.31. The van der Waals surface area contributed by atoms with Crippen LogP contribution in [0.15, 0.2) is 60.7 Å². The molecule has 0 heterocycles. The van der Waals surface area contributed by atoms with Gasteiger partial charge in [0.2, 0.25) is 5.91 Å². The molecule has 1 amide bonds. The maximum Gasteiger partial charge on any atom is 0.269 e. The van der Waals surface area contributed by atoms with Gasteiger partial charge >= 0.3 is 0 Å². The zero-order valence-corrected chi connectivity index (χ0v) is 25.1. The molecule has 0 saturated heterocycles. The maximum absolute atomic E-state index is 13.6. The summed E-state index contributed by atoms with van der Waals surface area (Å²) in [7, 11) is 5.31. The first-order valence-electron chi connectivity index (χ1n) is 14.1. The van der Waals surface area contributed by atoms with E-state index >= 15 is 0 Å². The van der Waals surface area contributed by atoms with Crippen molar-refractivity contribution in [3.63, 3.8) is 0 Å². The van der Waals surface area contributed by atoms with Crippen molar-refractivity contribution in [2.24, 2.45) is 0 Å². The molecule has 0 fully saturated rings. The molecule has 0 spiro atoms. The Morgan fingerprint density at radius 1 is 0.786 bits per heavy atom. The number of nitro benzene ring substituents is 1. The Bertz CT molecular complexity index is 1310. The zero-order valence-electron chi connectivity index (χ0n) is 25.1. The number of likely N-dealkylation sites (N-methyl/N-ethyl adjacent to an activating group) is 1. The summed E-state index contributed by atoms with van der Waals surface area (Å²) in [6, 6.07) is 17.6. The lowest BCUT2D eigenvalue weighted by Gasteiger charge is -2.26. The number of hydrogen-bond donors (Lipinski definition) is 0. The third kappa shape index (κ3) is 9.10. The van der Waals surface area contributed by atoms with Gasteiger partial charge in [-0.25, -0.2) is 0 Å². The highest BCUT2D eigenvalue weighted by atomic mass is 16.6. The smallest absolute Gasteiger partial charge is 0.269 e. The van der Waals surface area contributed by atoms with Crippen LogP contribution in [0.1, 0.15) is 31.4 Å². The lowest BCUT2D eigenvalue weighted by atomic mass is 10.1. The van der Waals surface area contributed by atoms with Crippen LogP contribution in [0, 0.1) is 10.1 Å². The summed E-state index contributed by atoms with van der Waals surface area (Å²) in [5.41, 5.74) is 2.56. The van der Waals surface area contributed by atoms with Crippen LogP contribution >= 0.6 is 0 Å². The lowest BCUT2D eigenvalue weighted by Crippen LogP contribution is -2.35. The number of amides is 1. The fourth-order valence-electron chi connectivity index (χ4n) is 4.58. The van der Waals surface area contributed by atoms with Gasteiger partial charge in [-0.1, -0.05) is 18.2 Å². The number of nitro groups is 1. The number of carbonyl (C=O) groups excluding carboxylic acids is 1. The van der Waals surface area contributed by atoms with Crippen LogP contribution in [-0.2, 0) is 17.6 Å². The van der Waals surface area contributed by atoms with Crippen LogP contribution in [-0.4, -0.2) is 69.8 Å². The highest BCUT2D eigenvalue weighted by Gasteiger charge is 2.19. The summed E-state index contributed by atoms with van der Waals surface area (Å²) in [4.78, 5) is 28.2. The predicted octanol–water partition coefficient (Wildman–Crippen LogP) is 5.55. The minimum Gasteiger partial charge on any atom is -0.493 e. The molecule has 0 radical (unpaired) electrons. The Morgan fingerprint density at radius 3 is 2.07 bits per heavy atom. The van der Waals surface area contributed by atoms with Gasteiger partial charge < -0.3 is 28.7 Å². The predicted molar refractivity (Wildman–Crippen MR) is 163 cm³/mol. The van der Waals surface area contributed by atoms with Crippen molar-refractivity contribution in [1.29, 1.82) is 0 Å². The van der Waals surface area contributed by atoms with E-state index in [9.17, 15) is 14.9 Å². The van der Waals surface area contributed by atoms with Crippen LogP contribution in [0.2, 0.25) is 0 Å². The molecule has 0 N–H and O–H groups in total. The third-order valence-corrected chi connectivity index (χ3v) is 6.79. The lowest BCUT2D eigenvalue weighted by molar-refractivity contribution is -0.384. The molecule has 3 rings (SSSR count). The Labute approximate surface area is 247 Å². The van der Waals surface area contributed by atoms with Crippen molar-refractivity contribution in [2.75, 3.05) is 59.0 Å². The van der Waals surface area contributed by atoms with Crippen molar-refractivity contribution < 1.29 is 28.7 Å². The number of nitrogens with zero attached hydrogens (tertiary/aromatic N) is 3. The van der Waals surface area contributed by atoms with Crippen molar-refractivity contribution >= 4 is 17.3 Å². The molecule has 0 aliphatic rings. The quantitative estimate of drug-likeness (QED) is 0.152. The topological polar surface area (TPSA) is 104 Å². The third-order valence-electron chi connectivity index (χ3n) is 6.79. The second-order valence-corrected chi connectivity index (χ2v) is 9.74. The van der Waals surface area contributed by atoms with Crippen LogP contribution in [0.5, 0.6) is 23.0 Å². The number of hydrogen-bond acceptors (Lipinski definition) is 8. The fourth-order valence-corrected chi connectivity index (χ4v) is 4.58. The van der Waals surface area contributed by atoms with Gasteiger partial charge in [0, 0.05) is 37.0 Å². The van der Waals surface area contributed by atoms with Crippen molar-refractivity contribution in [3.8, 4) is 23.0 Å². The number of non-ortho nitro benzene ring substituents is 1. The highest BCUT2D eigenvalue weighted by Crippen LogP contribution is 2.33. The van der Waals surface area contributed by atoms with Gasteiger partial charge in [-0.05, 0) is 75.7 Å². The molecule has 42 heavy (non-hydrogen) atoms. The van der Waals surface area contributed by atoms with Gasteiger partial charge in [-0.2, -0.15) is 0 Å². The molecule has 0 unspecified atom stereocenters. The van der Waals surface area contributed by atoms with Gasteiger partial charge in [-0.15, -0.1) is 0 Å². The SMILES string of the molecule is CCOc1ccc(N(CCCN(C)CCc2ccc(OC)c(OC)c2)C(=O)Cc2ccc([N+](=O)[O-])cc2)cc1OCC. The molecule has 3 aromatic rings. The number of benzene rings is 3. The molecule has 0 atom stereocenters. The molecular formula is C32H41N3O7. The second kappa shape index (κ2) is 16.2. The van der Waals surface area contributed by atoms with E-state index in [1.54, 1.807) is 31.3 Å². The maximum atomic E-state index is 13.6. The highest BCUT2D eigenvalue weighted by molar-refractivity contribution is 5.95. The van der Waals surface area contributed by atoms with E-state index in [1.165, 1.54) is 12.1 Å². The van der Waals surface area contributed by atoms with Gasteiger partial charge in [0.25, 0.3) is 5.69 Å². The molecule has 10 nitrogen and oxygen atoms in total. The van der Waals surface area contributed by atoms with Gasteiger partial charge in [-0.3, -0.25) is 14.9 Å². The van der Waals surface area contributed by atoms with Gasteiger partial charge in [0.1, 0.15) is 0 Å². The Morgan fingerprint density at radius 2 is 1.43 bits per heavy atom. The monoisotopic (exact) mass is 579 g/mol. The molecule has 0 aliphatic carbocycles. The Balaban J connectivity index is 1.70. The largest absolute Gasteiger partial charge is 0.493 e. The summed E-state index contributed by atoms with van der Waals surface area (Å²) in [6.45, 7) is 6.88. The van der Waals surface area contributed by atoms with E-state index in [-0.39, 0.29) is 18.0 Å². The molecule has 0 saturated carbocycles. The van der Waals surface area contributed by atoms with Crippen LogP contribution in [0.4, 0.5) is 11.4 Å². The number of ether oxygens (including phenoxy) is 4. The molecule has 0 bridgehead atoms. The average Bonchev–Trinajstić information content (AvgIpc) is 2.99. The first-order valence-corrected chi connectivity index (χ1v) is 14.1. The summed E-state index contributed by atoms with van der Waals surface area (Å²) < 4.78 is 22.3. The molecule has 226 valence electrons. The number of carbonyl (C=O) groups is 1. The summed E-state index contributed by atoms with van der Waals surface area (Å²) in [6.07, 6.45) is 1.70. The fraction of sp³-hybridized carbons (Fsp3) is 0.406. The first kappa shape index (κ1) is 32.2. The number of anilines is 1. The minimum absolute atomic E-state index is 0.00737. The summed E-state index contributed by atoms with van der Waals surface area (Å²) in [5.74, 6) is 2.51. The number of methoxy groups -OCH3 is 2. The standard InChI is InChI=1S/C32H41N3O7/c1-6-41-29-16-14-27(23-31(29)42-7-2)34(32(36)22-24-9-12-26(13-10-24)35(37)38)19-8-18-33(3)20-17-25-11-15-28(39-4)30(21-25)40-5/h9-16,21,23H,6-8,17-20,22H2,1-5H3. The first-order chi connectivity index (χ1) is 20.3. The molecule has 0 aliphatic heterocycles. The van der Waals surface area contributed by atoms with Gasteiger partial charge in [0.05, 0.1) is 38.8 Å². The van der Waals surface area contributed by atoms with E-state index in [0.29, 0.717) is 54.0 Å². The summed E-state index contributed by atoms with van der Waals surface area (Å²) in [5, 5.41) is 11.0. The van der Waals surface area contributed by atoms with Crippen molar-refractivity contribution in [1.82, 2.24) is 4.90 Å². The molecular weight excluding hydrogens is 538 g/mol. The van der Waals surface area contributed by atoms with Crippen LogP contribution in [0.25, 0.3) is 0 Å². The van der Waals surface area contributed by atoms with Crippen molar-refractivity contribution in [2.45, 2.75) is 33.1 Å². The normalized spacial score (nSPS) is 10.8. The Kier molecular flexibility index (Phi) is 12.4. The van der Waals surface area contributed by atoms with Crippen molar-refractivity contribution in [3.05, 3.63) is 81.9 Å².